The summed E-state index contributed by atoms with van der Waals surface area (Å²) < 4.78 is 10.0. The lowest BCUT2D eigenvalue weighted by molar-refractivity contribution is 0.268. The van der Waals surface area contributed by atoms with Crippen LogP contribution in [-0.2, 0) is 0 Å². The van der Waals surface area contributed by atoms with Gasteiger partial charge >= 0.3 is 12.0 Å². The number of aromatic nitrogens is 3. The summed E-state index contributed by atoms with van der Waals surface area (Å²) in [4.78, 5) is 14.7. The van der Waals surface area contributed by atoms with Gasteiger partial charge in [0, 0.05) is 12.6 Å². The van der Waals surface area contributed by atoms with Crippen LogP contribution in [-0.4, -0.2) is 59.7 Å². The lowest BCUT2D eigenvalue weighted by Crippen LogP contribution is -2.35. The first-order valence-corrected chi connectivity index (χ1v) is 6.55. The normalized spacial score (nSPS) is 17.2. The van der Waals surface area contributed by atoms with Crippen LogP contribution in [0.1, 0.15) is 19.8 Å². The largest absolute Gasteiger partial charge is 0.467 e. The first kappa shape index (κ1) is 13.8. The molecule has 1 saturated heterocycles. The molecule has 106 valence electrons. The van der Waals surface area contributed by atoms with E-state index in [0.29, 0.717) is 12.0 Å². The topological polar surface area (TPSA) is 72.4 Å². The molecule has 0 amide bonds. The minimum Gasteiger partial charge on any atom is -0.467 e. The van der Waals surface area contributed by atoms with E-state index in [0.717, 1.165) is 6.54 Å². The smallest absolute Gasteiger partial charge is 0.324 e. The van der Waals surface area contributed by atoms with Gasteiger partial charge in [-0.1, -0.05) is 0 Å². The summed E-state index contributed by atoms with van der Waals surface area (Å²) in [5.74, 6) is 0.481. The zero-order chi connectivity index (χ0) is 13.7. The van der Waals surface area contributed by atoms with E-state index in [-0.39, 0.29) is 12.0 Å². The number of hydrogen-bond donors (Lipinski definition) is 1. The van der Waals surface area contributed by atoms with E-state index < -0.39 is 0 Å². The van der Waals surface area contributed by atoms with Crippen LogP contribution in [0.2, 0.25) is 0 Å². The highest BCUT2D eigenvalue weighted by atomic mass is 16.5. The summed E-state index contributed by atoms with van der Waals surface area (Å²) in [6.45, 7) is 5.34. The van der Waals surface area contributed by atoms with Crippen molar-refractivity contribution in [1.29, 1.82) is 0 Å². The standard InChI is InChI=1S/C12H21N5O2/c1-9(17-6-4-5-7-17)8-13-10-14-11(18-2)16-12(15-10)19-3/h9H,4-8H2,1-3H3,(H,13,14,15,16). The van der Waals surface area contributed by atoms with E-state index in [1.807, 2.05) is 0 Å². The Hall–Kier alpha value is -1.63. The predicted molar refractivity (Wildman–Crippen MR) is 71.7 cm³/mol. The fraction of sp³-hybridized carbons (Fsp3) is 0.750. The number of nitrogens with one attached hydrogen (secondary N) is 1. The van der Waals surface area contributed by atoms with Crippen molar-refractivity contribution in [3.63, 3.8) is 0 Å². The van der Waals surface area contributed by atoms with E-state index in [2.05, 4.69) is 32.1 Å². The first-order valence-electron chi connectivity index (χ1n) is 6.55. The summed E-state index contributed by atoms with van der Waals surface area (Å²) in [7, 11) is 3.04. The van der Waals surface area contributed by atoms with Gasteiger partial charge in [-0.15, -0.1) is 4.98 Å². The van der Waals surface area contributed by atoms with Gasteiger partial charge in [0.25, 0.3) is 0 Å². The van der Waals surface area contributed by atoms with Gasteiger partial charge in [-0.2, -0.15) is 9.97 Å². The van der Waals surface area contributed by atoms with Crippen LogP contribution in [0.15, 0.2) is 0 Å². The Labute approximate surface area is 113 Å². The molecule has 0 radical (unpaired) electrons. The van der Waals surface area contributed by atoms with Gasteiger partial charge in [-0.25, -0.2) is 0 Å². The molecular weight excluding hydrogens is 246 g/mol. The Kier molecular flexibility index (Phi) is 4.73. The maximum absolute atomic E-state index is 5.01. The van der Waals surface area contributed by atoms with Crippen LogP contribution in [0.25, 0.3) is 0 Å². The Morgan fingerprint density at radius 1 is 1.11 bits per heavy atom. The molecule has 1 atom stereocenters. The average Bonchev–Trinajstić information content (AvgIpc) is 2.98. The maximum Gasteiger partial charge on any atom is 0.324 e. The van der Waals surface area contributed by atoms with Gasteiger partial charge in [0.1, 0.15) is 0 Å². The second kappa shape index (κ2) is 6.51. The van der Waals surface area contributed by atoms with Gasteiger partial charge in [0.2, 0.25) is 5.95 Å². The van der Waals surface area contributed by atoms with Gasteiger partial charge in [0.15, 0.2) is 0 Å². The fourth-order valence-corrected chi connectivity index (χ4v) is 2.15. The molecule has 1 aromatic rings. The summed E-state index contributed by atoms with van der Waals surface area (Å²) in [5, 5.41) is 3.21. The molecular formula is C12H21N5O2. The molecule has 1 aliphatic rings. The van der Waals surface area contributed by atoms with E-state index in [1.54, 1.807) is 0 Å². The van der Waals surface area contributed by atoms with Crippen LogP contribution >= 0.6 is 0 Å². The van der Waals surface area contributed by atoms with E-state index in [4.69, 9.17) is 9.47 Å². The Balaban J connectivity index is 1.94. The summed E-state index contributed by atoms with van der Waals surface area (Å²) in [5.41, 5.74) is 0. The molecule has 1 unspecified atom stereocenters. The van der Waals surface area contributed by atoms with Crippen molar-refractivity contribution in [3.8, 4) is 12.0 Å². The van der Waals surface area contributed by atoms with Crippen molar-refractivity contribution < 1.29 is 9.47 Å². The van der Waals surface area contributed by atoms with Gasteiger partial charge in [-0.3, -0.25) is 4.90 Å². The van der Waals surface area contributed by atoms with Crippen LogP contribution < -0.4 is 14.8 Å². The van der Waals surface area contributed by atoms with E-state index in [1.165, 1.54) is 40.2 Å². The van der Waals surface area contributed by atoms with Gasteiger partial charge in [-0.05, 0) is 32.9 Å². The van der Waals surface area contributed by atoms with Crippen LogP contribution in [0.5, 0.6) is 12.0 Å². The molecule has 1 aromatic heterocycles. The molecule has 1 N–H and O–H groups in total. The molecule has 7 nitrogen and oxygen atoms in total. The molecule has 0 aromatic carbocycles. The maximum atomic E-state index is 5.01. The number of ether oxygens (including phenoxy) is 2. The lowest BCUT2D eigenvalue weighted by Gasteiger charge is -2.23. The molecule has 2 heterocycles. The molecule has 19 heavy (non-hydrogen) atoms. The highest BCUT2D eigenvalue weighted by Crippen LogP contribution is 2.14. The van der Waals surface area contributed by atoms with Crippen LogP contribution in [0.3, 0.4) is 0 Å². The Bertz CT molecular complexity index is 387. The summed E-state index contributed by atoms with van der Waals surface area (Å²) in [6, 6.07) is 0.961. The molecule has 1 aliphatic heterocycles. The Morgan fingerprint density at radius 3 is 2.21 bits per heavy atom. The number of nitrogens with zero attached hydrogens (tertiary/aromatic N) is 4. The third kappa shape index (κ3) is 3.66. The average molecular weight is 267 g/mol. The first-order chi connectivity index (χ1) is 9.22. The molecule has 7 heteroatoms. The summed E-state index contributed by atoms with van der Waals surface area (Å²) >= 11 is 0. The van der Waals surface area contributed by atoms with Crippen molar-refractivity contribution in [3.05, 3.63) is 0 Å². The number of hydrogen-bond acceptors (Lipinski definition) is 7. The molecule has 0 spiro atoms. The zero-order valence-corrected chi connectivity index (χ0v) is 11.7. The zero-order valence-electron chi connectivity index (χ0n) is 11.7. The lowest BCUT2D eigenvalue weighted by atomic mass is 10.3. The quantitative estimate of drug-likeness (QED) is 0.816. The second-order valence-corrected chi connectivity index (χ2v) is 4.61. The number of rotatable bonds is 6. The monoisotopic (exact) mass is 267 g/mol. The fourth-order valence-electron chi connectivity index (χ4n) is 2.15. The molecule has 0 bridgehead atoms. The highest BCUT2D eigenvalue weighted by Gasteiger charge is 2.18. The molecule has 1 fully saturated rings. The van der Waals surface area contributed by atoms with Crippen molar-refractivity contribution >= 4 is 5.95 Å². The number of methoxy groups -OCH3 is 2. The van der Waals surface area contributed by atoms with Crippen molar-refractivity contribution in [2.24, 2.45) is 0 Å². The molecule has 2 rings (SSSR count). The van der Waals surface area contributed by atoms with Crippen molar-refractivity contribution in [2.45, 2.75) is 25.8 Å². The number of likely N-dealkylation sites (tertiary alicyclic amines) is 1. The molecule has 0 saturated carbocycles. The minimum atomic E-state index is 0.253. The number of anilines is 1. The SMILES string of the molecule is COc1nc(NCC(C)N2CCCC2)nc(OC)n1. The van der Waals surface area contributed by atoms with Crippen LogP contribution in [0, 0.1) is 0 Å². The Morgan fingerprint density at radius 2 is 1.68 bits per heavy atom. The van der Waals surface area contributed by atoms with Gasteiger partial charge < -0.3 is 14.8 Å². The van der Waals surface area contributed by atoms with Crippen LogP contribution in [0.4, 0.5) is 5.95 Å². The van der Waals surface area contributed by atoms with Gasteiger partial charge in [0.05, 0.1) is 14.2 Å². The minimum absolute atomic E-state index is 0.253. The molecule has 0 aliphatic carbocycles. The summed E-state index contributed by atoms with van der Waals surface area (Å²) in [6.07, 6.45) is 2.58. The van der Waals surface area contributed by atoms with E-state index in [9.17, 15) is 0 Å². The second-order valence-electron chi connectivity index (χ2n) is 4.61. The predicted octanol–water partition coefficient (Wildman–Crippen LogP) is 0.785. The third-order valence-electron chi connectivity index (χ3n) is 3.28. The van der Waals surface area contributed by atoms with Crippen molar-refractivity contribution in [1.82, 2.24) is 19.9 Å². The third-order valence-corrected chi connectivity index (χ3v) is 3.28. The van der Waals surface area contributed by atoms with E-state index >= 15 is 0 Å². The highest BCUT2D eigenvalue weighted by molar-refractivity contribution is 5.27. The van der Waals surface area contributed by atoms with Crippen molar-refractivity contribution in [2.75, 3.05) is 39.2 Å².